The number of β-amino-alcohol motifs (C(OH)–C–C–N with tert-alkyl or cyclic N) is 1. The van der Waals surface area contributed by atoms with Crippen molar-refractivity contribution in [1.29, 1.82) is 0 Å². The van der Waals surface area contributed by atoms with Crippen LogP contribution in [0.4, 0.5) is 0 Å². The zero-order valence-electron chi connectivity index (χ0n) is 13.2. The number of hydrogen-bond acceptors (Lipinski definition) is 5. The minimum atomic E-state index is -3.66. The molecule has 1 unspecified atom stereocenters. The number of aliphatic hydroxyl groups is 1. The number of nitrogens with zero attached hydrogens (tertiary/aromatic N) is 3. The van der Waals surface area contributed by atoms with Crippen LogP contribution < -0.4 is 0 Å². The summed E-state index contributed by atoms with van der Waals surface area (Å²) in [5.74, 6) is 0. The zero-order chi connectivity index (χ0) is 16.7. The molecule has 3 rings (SSSR count). The van der Waals surface area contributed by atoms with Crippen LogP contribution in [-0.4, -0.2) is 46.3 Å². The molecule has 2 N–H and O–H groups in total. The van der Waals surface area contributed by atoms with E-state index in [1.807, 2.05) is 13.0 Å². The molecule has 23 heavy (non-hydrogen) atoms. The molecule has 0 radical (unpaired) electrons. The third-order valence-electron chi connectivity index (χ3n) is 4.29. The smallest absolute Gasteiger partial charge is 0.243 e. The molecular formula is C15H20N4O3S. The van der Waals surface area contributed by atoms with Gasteiger partial charge in [-0.1, -0.05) is 12.1 Å². The Balaban J connectivity index is 1.96. The molecule has 124 valence electrons. The molecule has 8 heteroatoms. The first kappa shape index (κ1) is 16.1. The van der Waals surface area contributed by atoms with Crippen LogP contribution in [0.3, 0.4) is 0 Å². The van der Waals surface area contributed by atoms with Crippen molar-refractivity contribution in [2.75, 3.05) is 13.1 Å². The summed E-state index contributed by atoms with van der Waals surface area (Å²) in [6.45, 7) is 4.01. The highest BCUT2D eigenvalue weighted by Crippen LogP contribution is 2.33. The number of H-pyrrole nitrogens is 1. The molecule has 1 aliphatic rings. The SMILES string of the molecule is Cc1ccc(C)c(S(=O)(=O)N2CCCC(O)(c3cn[nH]n3)C2)c1. The van der Waals surface area contributed by atoms with Crippen LogP contribution in [0.15, 0.2) is 29.3 Å². The van der Waals surface area contributed by atoms with Gasteiger partial charge in [-0.25, -0.2) is 8.42 Å². The van der Waals surface area contributed by atoms with Gasteiger partial charge in [0.25, 0.3) is 0 Å². The number of nitrogens with one attached hydrogen (secondary N) is 1. The van der Waals surface area contributed by atoms with Gasteiger partial charge in [0, 0.05) is 13.1 Å². The van der Waals surface area contributed by atoms with Gasteiger partial charge in [0.05, 0.1) is 11.1 Å². The van der Waals surface area contributed by atoms with Gasteiger partial charge >= 0.3 is 0 Å². The molecule has 1 fully saturated rings. The summed E-state index contributed by atoms with van der Waals surface area (Å²) in [6.07, 6.45) is 2.46. The largest absolute Gasteiger partial charge is 0.382 e. The van der Waals surface area contributed by atoms with Gasteiger partial charge in [-0.3, -0.25) is 0 Å². The lowest BCUT2D eigenvalue weighted by Gasteiger charge is -2.37. The highest BCUT2D eigenvalue weighted by molar-refractivity contribution is 7.89. The molecule has 0 amide bonds. The Morgan fingerprint density at radius 3 is 2.83 bits per heavy atom. The second-order valence-electron chi connectivity index (χ2n) is 6.10. The first-order chi connectivity index (χ1) is 10.8. The van der Waals surface area contributed by atoms with Crippen molar-refractivity contribution < 1.29 is 13.5 Å². The molecule has 1 saturated heterocycles. The first-order valence-electron chi connectivity index (χ1n) is 7.49. The summed E-state index contributed by atoms with van der Waals surface area (Å²) in [6, 6.07) is 5.36. The average molecular weight is 336 g/mol. The van der Waals surface area contributed by atoms with Crippen LogP contribution in [0.5, 0.6) is 0 Å². The molecule has 0 aliphatic carbocycles. The number of aromatic nitrogens is 3. The van der Waals surface area contributed by atoms with E-state index < -0.39 is 15.6 Å². The Kier molecular flexibility index (Phi) is 3.99. The average Bonchev–Trinajstić information content (AvgIpc) is 3.05. The predicted molar refractivity (Wildman–Crippen MR) is 84.2 cm³/mol. The van der Waals surface area contributed by atoms with E-state index in [1.54, 1.807) is 19.1 Å². The molecule has 0 spiro atoms. The van der Waals surface area contributed by atoms with Crippen molar-refractivity contribution in [3.8, 4) is 0 Å². The molecular weight excluding hydrogens is 316 g/mol. The summed E-state index contributed by atoms with van der Waals surface area (Å²) in [4.78, 5) is 0.293. The van der Waals surface area contributed by atoms with Gasteiger partial charge in [-0.15, -0.1) is 0 Å². The summed E-state index contributed by atoms with van der Waals surface area (Å²) in [5.41, 5.74) is 0.651. The van der Waals surface area contributed by atoms with E-state index in [-0.39, 0.29) is 6.54 Å². The van der Waals surface area contributed by atoms with Gasteiger partial charge < -0.3 is 5.11 Å². The minimum Gasteiger partial charge on any atom is -0.382 e. The topological polar surface area (TPSA) is 99.2 Å². The molecule has 0 saturated carbocycles. The normalized spacial score (nSPS) is 23.1. The maximum absolute atomic E-state index is 13.0. The van der Waals surface area contributed by atoms with Crippen LogP contribution >= 0.6 is 0 Å². The number of hydrogen-bond donors (Lipinski definition) is 2. The fourth-order valence-electron chi connectivity index (χ4n) is 2.96. The standard InChI is InChI=1S/C15H20N4O3S/c1-11-4-5-12(2)13(8-11)23(21,22)19-7-3-6-15(20,10-19)14-9-16-18-17-14/h4-5,8-9,20H,3,6-7,10H2,1-2H3,(H,16,17,18). The molecule has 7 nitrogen and oxygen atoms in total. The summed E-state index contributed by atoms with van der Waals surface area (Å²) in [7, 11) is -3.66. The van der Waals surface area contributed by atoms with E-state index in [4.69, 9.17) is 0 Å². The fraction of sp³-hybridized carbons (Fsp3) is 0.467. The van der Waals surface area contributed by atoms with E-state index in [2.05, 4.69) is 15.4 Å². The van der Waals surface area contributed by atoms with E-state index in [1.165, 1.54) is 10.5 Å². The van der Waals surface area contributed by atoms with Crippen LogP contribution in [0.25, 0.3) is 0 Å². The number of aromatic amines is 1. The summed E-state index contributed by atoms with van der Waals surface area (Å²) in [5, 5.41) is 20.9. The Bertz CT molecular complexity index is 804. The van der Waals surface area contributed by atoms with E-state index in [9.17, 15) is 13.5 Å². The third kappa shape index (κ3) is 2.89. The maximum Gasteiger partial charge on any atom is 0.243 e. The van der Waals surface area contributed by atoms with Crippen molar-refractivity contribution in [2.24, 2.45) is 0 Å². The van der Waals surface area contributed by atoms with Crippen molar-refractivity contribution in [3.05, 3.63) is 41.2 Å². The second-order valence-corrected chi connectivity index (χ2v) is 8.00. The lowest BCUT2D eigenvalue weighted by Crippen LogP contribution is -2.48. The summed E-state index contributed by atoms with van der Waals surface area (Å²) < 4.78 is 27.3. The Morgan fingerprint density at radius 2 is 2.13 bits per heavy atom. The Hall–Kier alpha value is -1.77. The van der Waals surface area contributed by atoms with Crippen LogP contribution in [0.1, 0.15) is 29.7 Å². The van der Waals surface area contributed by atoms with Crippen molar-refractivity contribution in [2.45, 2.75) is 37.2 Å². The van der Waals surface area contributed by atoms with Gasteiger partial charge in [-0.05, 0) is 43.9 Å². The molecule has 1 aliphatic heterocycles. The monoisotopic (exact) mass is 336 g/mol. The lowest BCUT2D eigenvalue weighted by atomic mass is 9.91. The number of rotatable bonds is 3. The predicted octanol–water partition coefficient (Wildman–Crippen LogP) is 1.09. The third-order valence-corrected chi connectivity index (χ3v) is 6.28. The summed E-state index contributed by atoms with van der Waals surface area (Å²) >= 11 is 0. The molecule has 0 bridgehead atoms. The Labute approximate surface area is 135 Å². The van der Waals surface area contributed by atoms with Crippen LogP contribution in [0.2, 0.25) is 0 Å². The van der Waals surface area contributed by atoms with Crippen molar-refractivity contribution in [3.63, 3.8) is 0 Å². The van der Waals surface area contributed by atoms with Crippen LogP contribution in [-0.2, 0) is 15.6 Å². The quantitative estimate of drug-likeness (QED) is 0.874. The maximum atomic E-state index is 13.0. The second kappa shape index (κ2) is 5.70. The fourth-order valence-corrected chi connectivity index (χ4v) is 4.80. The van der Waals surface area contributed by atoms with Gasteiger partial charge in [0.1, 0.15) is 11.3 Å². The molecule has 2 heterocycles. The van der Waals surface area contributed by atoms with Gasteiger partial charge in [-0.2, -0.15) is 19.7 Å². The van der Waals surface area contributed by atoms with E-state index in [0.717, 1.165) is 5.56 Å². The number of piperidine rings is 1. The highest BCUT2D eigenvalue weighted by atomic mass is 32.2. The van der Waals surface area contributed by atoms with Crippen LogP contribution in [0, 0.1) is 13.8 Å². The van der Waals surface area contributed by atoms with E-state index >= 15 is 0 Å². The van der Waals surface area contributed by atoms with Crippen molar-refractivity contribution in [1.82, 2.24) is 19.7 Å². The van der Waals surface area contributed by atoms with Crippen molar-refractivity contribution >= 4 is 10.0 Å². The van der Waals surface area contributed by atoms with E-state index in [0.29, 0.717) is 35.5 Å². The zero-order valence-corrected chi connectivity index (χ0v) is 14.0. The number of aryl methyl sites for hydroxylation is 2. The Morgan fingerprint density at radius 1 is 1.35 bits per heavy atom. The first-order valence-corrected chi connectivity index (χ1v) is 8.93. The van der Waals surface area contributed by atoms with Gasteiger partial charge in [0.15, 0.2) is 0 Å². The minimum absolute atomic E-state index is 0.0186. The highest BCUT2D eigenvalue weighted by Gasteiger charge is 2.41. The molecule has 1 aromatic carbocycles. The lowest BCUT2D eigenvalue weighted by molar-refractivity contribution is -0.0161. The number of sulfonamides is 1. The number of benzene rings is 1. The molecule has 2 aromatic rings. The van der Waals surface area contributed by atoms with Gasteiger partial charge in [0.2, 0.25) is 10.0 Å². The molecule has 1 aromatic heterocycles. The molecule has 1 atom stereocenters.